The fourth-order valence-electron chi connectivity index (χ4n) is 2.02. The van der Waals surface area contributed by atoms with Gasteiger partial charge < -0.3 is 5.32 Å². The minimum absolute atomic E-state index is 0.231. The van der Waals surface area contributed by atoms with Crippen molar-refractivity contribution in [2.45, 2.75) is 25.8 Å². The van der Waals surface area contributed by atoms with Crippen molar-refractivity contribution in [2.24, 2.45) is 0 Å². The van der Waals surface area contributed by atoms with Crippen molar-refractivity contribution in [3.05, 3.63) is 64.9 Å². The Morgan fingerprint density at radius 3 is 2.74 bits per heavy atom. The van der Waals surface area contributed by atoms with E-state index in [1.807, 2.05) is 6.07 Å². The normalized spacial score (nSPS) is 12.3. The van der Waals surface area contributed by atoms with Crippen LogP contribution in [-0.2, 0) is 6.42 Å². The van der Waals surface area contributed by atoms with Crippen molar-refractivity contribution in [3.63, 3.8) is 0 Å². The first kappa shape index (κ1) is 14.0. The van der Waals surface area contributed by atoms with Gasteiger partial charge in [0.2, 0.25) is 0 Å². The lowest BCUT2D eigenvalue weighted by molar-refractivity contribution is 0.547. The minimum atomic E-state index is 0.231. The van der Waals surface area contributed by atoms with Gasteiger partial charge in [0.25, 0.3) is 0 Å². The molecule has 1 heterocycles. The third kappa shape index (κ3) is 4.66. The van der Waals surface area contributed by atoms with Gasteiger partial charge in [-0.15, -0.1) is 0 Å². The van der Waals surface area contributed by atoms with E-state index >= 15 is 0 Å². The molecule has 19 heavy (non-hydrogen) atoms. The van der Waals surface area contributed by atoms with Crippen LogP contribution >= 0.6 is 11.6 Å². The van der Waals surface area contributed by atoms with Gasteiger partial charge in [-0.25, -0.2) is 0 Å². The van der Waals surface area contributed by atoms with E-state index in [4.69, 9.17) is 11.6 Å². The van der Waals surface area contributed by atoms with Crippen molar-refractivity contribution >= 4 is 11.6 Å². The standard InChI is InChI=1S/C16H19ClN2/c1-13(16-12-15(17)9-11-19-16)18-10-5-8-14-6-3-2-4-7-14/h2-4,6-7,9,11-13,18H,5,8,10H2,1H3. The highest BCUT2D eigenvalue weighted by molar-refractivity contribution is 6.30. The van der Waals surface area contributed by atoms with Crippen LogP contribution in [0, 0.1) is 0 Å². The molecular weight excluding hydrogens is 256 g/mol. The zero-order chi connectivity index (χ0) is 13.5. The molecular formula is C16H19ClN2. The van der Waals surface area contributed by atoms with Crippen LogP contribution in [0.1, 0.15) is 30.6 Å². The molecule has 1 atom stereocenters. The van der Waals surface area contributed by atoms with Gasteiger partial charge in [-0.3, -0.25) is 4.98 Å². The number of halogens is 1. The molecule has 1 unspecified atom stereocenters. The second kappa shape index (κ2) is 7.27. The van der Waals surface area contributed by atoms with Crippen LogP contribution < -0.4 is 5.32 Å². The number of pyridine rings is 1. The molecule has 0 radical (unpaired) electrons. The average molecular weight is 275 g/mol. The summed E-state index contributed by atoms with van der Waals surface area (Å²) in [6.07, 6.45) is 3.97. The maximum atomic E-state index is 5.96. The summed E-state index contributed by atoms with van der Waals surface area (Å²) in [4.78, 5) is 4.33. The summed E-state index contributed by atoms with van der Waals surface area (Å²) in [5.74, 6) is 0. The number of rotatable bonds is 6. The van der Waals surface area contributed by atoms with Crippen LogP contribution in [0.5, 0.6) is 0 Å². The Morgan fingerprint density at radius 1 is 1.21 bits per heavy atom. The second-order valence-corrected chi connectivity index (χ2v) is 5.10. The smallest absolute Gasteiger partial charge is 0.0585 e. The van der Waals surface area contributed by atoms with Gasteiger partial charge in [-0.05, 0) is 44.0 Å². The largest absolute Gasteiger partial charge is 0.309 e. The van der Waals surface area contributed by atoms with Gasteiger partial charge in [-0.2, -0.15) is 0 Å². The Hall–Kier alpha value is -1.38. The third-order valence-corrected chi connectivity index (χ3v) is 3.36. The molecule has 1 aromatic carbocycles. The molecule has 0 aliphatic rings. The average Bonchev–Trinajstić information content (AvgIpc) is 2.44. The summed E-state index contributed by atoms with van der Waals surface area (Å²) in [5.41, 5.74) is 2.38. The predicted octanol–water partition coefficient (Wildman–Crippen LogP) is 4.02. The zero-order valence-electron chi connectivity index (χ0n) is 11.1. The molecule has 1 aromatic heterocycles. The summed E-state index contributed by atoms with van der Waals surface area (Å²) in [5, 5.41) is 4.21. The Balaban J connectivity index is 1.74. The Morgan fingerprint density at radius 2 is 2.00 bits per heavy atom. The molecule has 2 nitrogen and oxygen atoms in total. The Bertz CT molecular complexity index is 499. The van der Waals surface area contributed by atoms with Crippen LogP contribution in [0.15, 0.2) is 48.7 Å². The lowest BCUT2D eigenvalue weighted by Gasteiger charge is -2.13. The van der Waals surface area contributed by atoms with Gasteiger partial charge in [0.15, 0.2) is 0 Å². The molecule has 0 saturated carbocycles. The topological polar surface area (TPSA) is 24.9 Å². The van der Waals surface area contributed by atoms with Gasteiger partial charge in [-0.1, -0.05) is 41.9 Å². The summed E-state index contributed by atoms with van der Waals surface area (Å²) < 4.78 is 0. The van der Waals surface area contributed by atoms with Gasteiger partial charge in [0.1, 0.15) is 0 Å². The lowest BCUT2D eigenvalue weighted by atomic mass is 10.1. The van der Waals surface area contributed by atoms with E-state index in [1.54, 1.807) is 12.3 Å². The first-order chi connectivity index (χ1) is 9.25. The Kier molecular flexibility index (Phi) is 5.37. The predicted molar refractivity (Wildman–Crippen MR) is 80.4 cm³/mol. The molecule has 0 saturated heterocycles. The summed E-state index contributed by atoms with van der Waals surface area (Å²) in [7, 11) is 0. The monoisotopic (exact) mass is 274 g/mol. The molecule has 0 amide bonds. The SMILES string of the molecule is CC(NCCCc1ccccc1)c1cc(Cl)ccn1. The van der Waals surface area contributed by atoms with E-state index in [9.17, 15) is 0 Å². The molecule has 2 aromatic rings. The molecule has 2 rings (SSSR count). The number of hydrogen-bond acceptors (Lipinski definition) is 2. The number of hydrogen-bond donors (Lipinski definition) is 1. The number of aromatic nitrogens is 1. The van der Waals surface area contributed by atoms with Gasteiger partial charge in [0.05, 0.1) is 5.69 Å². The highest BCUT2D eigenvalue weighted by atomic mass is 35.5. The fraction of sp³-hybridized carbons (Fsp3) is 0.312. The molecule has 100 valence electrons. The van der Waals surface area contributed by atoms with Crippen LogP contribution in [0.25, 0.3) is 0 Å². The van der Waals surface area contributed by atoms with Crippen LogP contribution in [0.4, 0.5) is 0 Å². The first-order valence-corrected chi connectivity index (χ1v) is 7.02. The summed E-state index contributed by atoms with van der Waals surface area (Å²) >= 11 is 5.96. The lowest BCUT2D eigenvalue weighted by Crippen LogP contribution is -2.21. The summed E-state index contributed by atoms with van der Waals surface area (Å²) in [6.45, 7) is 3.09. The maximum Gasteiger partial charge on any atom is 0.0585 e. The molecule has 0 fully saturated rings. The van der Waals surface area contributed by atoms with Crippen molar-refractivity contribution in [2.75, 3.05) is 6.54 Å². The van der Waals surface area contributed by atoms with E-state index in [1.165, 1.54) is 5.56 Å². The highest BCUT2D eigenvalue weighted by Crippen LogP contribution is 2.14. The van der Waals surface area contributed by atoms with E-state index in [2.05, 4.69) is 47.6 Å². The van der Waals surface area contributed by atoms with Gasteiger partial charge in [0, 0.05) is 17.3 Å². The first-order valence-electron chi connectivity index (χ1n) is 6.64. The molecule has 0 aliphatic heterocycles. The van der Waals surface area contributed by atoms with Crippen LogP contribution in [-0.4, -0.2) is 11.5 Å². The molecule has 0 bridgehead atoms. The number of nitrogens with zero attached hydrogens (tertiary/aromatic N) is 1. The van der Waals surface area contributed by atoms with E-state index < -0.39 is 0 Å². The number of aryl methyl sites for hydroxylation is 1. The van der Waals surface area contributed by atoms with E-state index in [0.717, 1.165) is 30.1 Å². The van der Waals surface area contributed by atoms with Crippen molar-refractivity contribution in [3.8, 4) is 0 Å². The quantitative estimate of drug-likeness (QED) is 0.805. The van der Waals surface area contributed by atoms with Crippen molar-refractivity contribution in [1.29, 1.82) is 0 Å². The fourth-order valence-corrected chi connectivity index (χ4v) is 2.19. The maximum absolute atomic E-state index is 5.96. The van der Waals surface area contributed by atoms with Crippen molar-refractivity contribution in [1.82, 2.24) is 10.3 Å². The molecule has 0 spiro atoms. The molecule has 0 aliphatic carbocycles. The number of nitrogens with one attached hydrogen (secondary N) is 1. The number of benzene rings is 1. The molecule has 1 N–H and O–H groups in total. The zero-order valence-corrected chi connectivity index (χ0v) is 11.9. The Labute approximate surface area is 119 Å². The minimum Gasteiger partial charge on any atom is -0.309 e. The third-order valence-electron chi connectivity index (χ3n) is 3.12. The van der Waals surface area contributed by atoms with Crippen LogP contribution in [0.2, 0.25) is 5.02 Å². The van der Waals surface area contributed by atoms with Crippen molar-refractivity contribution < 1.29 is 0 Å². The van der Waals surface area contributed by atoms with Crippen LogP contribution in [0.3, 0.4) is 0 Å². The second-order valence-electron chi connectivity index (χ2n) is 4.66. The molecule has 3 heteroatoms. The highest BCUT2D eigenvalue weighted by Gasteiger charge is 2.05. The van der Waals surface area contributed by atoms with Gasteiger partial charge >= 0.3 is 0 Å². The van der Waals surface area contributed by atoms with E-state index in [-0.39, 0.29) is 6.04 Å². The van der Waals surface area contributed by atoms with E-state index in [0.29, 0.717) is 0 Å². The summed E-state index contributed by atoms with van der Waals surface area (Å²) in [6, 6.07) is 14.5.